The molecule has 31 heavy (non-hydrogen) atoms. The molecule has 5 nitrogen and oxygen atoms in total. The molecule has 0 unspecified atom stereocenters. The maximum absolute atomic E-state index is 13.4. The van der Waals surface area contributed by atoms with Crippen LogP contribution in [0.5, 0.6) is 0 Å². The predicted octanol–water partition coefficient (Wildman–Crippen LogP) is 4.72. The topological polar surface area (TPSA) is 39.7 Å². The van der Waals surface area contributed by atoms with Crippen LogP contribution in [0.1, 0.15) is 15.9 Å². The maximum Gasteiger partial charge on any atom is 0.258 e. The van der Waals surface area contributed by atoms with E-state index in [2.05, 4.69) is 14.8 Å². The molecular weight excluding hydrogens is 415 g/mol. The number of rotatable bonds is 8. The molecule has 0 fully saturated rings. The van der Waals surface area contributed by atoms with Gasteiger partial charge in [0.2, 0.25) is 0 Å². The van der Waals surface area contributed by atoms with E-state index in [4.69, 9.17) is 11.6 Å². The van der Waals surface area contributed by atoms with Crippen molar-refractivity contribution in [3.8, 4) is 0 Å². The standard InChI is InChI=1S/C24H26ClFN4O/c1-28(2)14-15-29(3)23-13-4-18(16-27-23)17-30(22-11-9-21(26)10-12-22)24(31)19-5-7-20(25)8-6-19/h4-13,16H,14-15,17H2,1-3H3. The summed E-state index contributed by atoms with van der Waals surface area (Å²) in [6.07, 6.45) is 1.77. The molecule has 162 valence electrons. The number of hydrogen-bond acceptors (Lipinski definition) is 4. The van der Waals surface area contributed by atoms with Crippen LogP contribution in [0.25, 0.3) is 0 Å². The van der Waals surface area contributed by atoms with Crippen molar-refractivity contribution in [1.29, 1.82) is 0 Å². The van der Waals surface area contributed by atoms with Crippen LogP contribution in [0, 0.1) is 5.82 Å². The minimum absolute atomic E-state index is 0.199. The summed E-state index contributed by atoms with van der Waals surface area (Å²) in [5.41, 5.74) is 1.98. The second kappa shape index (κ2) is 10.4. The van der Waals surface area contributed by atoms with Crippen molar-refractivity contribution in [2.45, 2.75) is 6.54 Å². The summed E-state index contributed by atoms with van der Waals surface area (Å²) in [6, 6.07) is 16.5. The third kappa shape index (κ3) is 6.26. The monoisotopic (exact) mass is 440 g/mol. The maximum atomic E-state index is 13.4. The van der Waals surface area contributed by atoms with Gasteiger partial charge in [-0.15, -0.1) is 0 Å². The Morgan fingerprint density at radius 1 is 0.935 bits per heavy atom. The van der Waals surface area contributed by atoms with Crippen LogP contribution in [0.15, 0.2) is 66.9 Å². The van der Waals surface area contributed by atoms with E-state index in [1.807, 2.05) is 33.3 Å². The normalized spacial score (nSPS) is 10.9. The molecule has 7 heteroatoms. The van der Waals surface area contributed by atoms with Crippen LogP contribution in [0.2, 0.25) is 5.02 Å². The largest absolute Gasteiger partial charge is 0.358 e. The Bertz CT molecular complexity index is 992. The van der Waals surface area contributed by atoms with Gasteiger partial charge >= 0.3 is 0 Å². The van der Waals surface area contributed by atoms with Gasteiger partial charge in [0.05, 0.1) is 6.54 Å². The highest BCUT2D eigenvalue weighted by Gasteiger charge is 2.19. The predicted molar refractivity (Wildman–Crippen MR) is 124 cm³/mol. The first kappa shape index (κ1) is 22.7. The molecule has 0 saturated carbocycles. The van der Waals surface area contributed by atoms with Gasteiger partial charge < -0.3 is 14.7 Å². The summed E-state index contributed by atoms with van der Waals surface area (Å²) < 4.78 is 13.4. The SMILES string of the molecule is CN(C)CCN(C)c1ccc(CN(C(=O)c2ccc(Cl)cc2)c2ccc(F)cc2)cn1. The first-order valence-electron chi connectivity index (χ1n) is 9.97. The number of anilines is 2. The lowest BCUT2D eigenvalue weighted by atomic mass is 10.1. The molecule has 3 rings (SSSR count). The van der Waals surface area contributed by atoms with E-state index in [1.165, 1.54) is 12.1 Å². The number of likely N-dealkylation sites (N-methyl/N-ethyl adjacent to an activating group) is 2. The number of pyridine rings is 1. The highest BCUT2D eigenvalue weighted by molar-refractivity contribution is 6.30. The summed E-state index contributed by atoms with van der Waals surface area (Å²) >= 11 is 5.96. The van der Waals surface area contributed by atoms with Crippen LogP contribution in [-0.2, 0) is 6.54 Å². The van der Waals surface area contributed by atoms with E-state index in [9.17, 15) is 9.18 Å². The van der Waals surface area contributed by atoms with Gasteiger partial charge in [-0.1, -0.05) is 17.7 Å². The second-order valence-corrected chi connectivity index (χ2v) is 8.06. The van der Waals surface area contributed by atoms with Gasteiger partial charge in [0, 0.05) is 42.6 Å². The van der Waals surface area contributed by atoms with Gasteiger partial charge in [-0.3, -0.25) is 4.79 Å². The second-order valence-electron chi connectivity index (χ2n) is 7.62. The lowest BCUT2D eigenvalue weighted by Gasteiger charge is -2.24. The Morgan fingerprint density at radius 2 is 1.61 bits per heavy atom. The minimum atomic E-state index is -0.352. The van der Waals surface area contributed by atoms with Crippen LogP contribution in [0.4, 0.5) is 15.9 Å². The Balaban J connectivity index is 1.82. The molecule has 1 heterocycles. The minimum Gasteiger partial charge on any atom is -0.358 e. The zero-order valence-corrected chi connectivity index (χ0v) is 18.7. The Hall–Kier alpha value is -2.96. The van der Waals surface area contributed by atoms with Crippen LogP contribution < -0.4 is 9.80 Å². The third-order valence-corrected chi connectivity index (χ3v) is 5.15. The molecule has 1 amide bonds. The Kier molecular flexibility index (Phi) is 7.60. The smallest absolute Gasteiger partial charge is 0.258 e. The molecule has 0 saturated heterocycles. The van der Waals surface area contributed by atoms with Gasteiger partial charge in [-0.05, 0) is 74.3 Å². The third-order valence-electron chi connectivity index (χ3n) is 4.90. The number of hydrogen-bond donors (Lipinski definition) is 0. The molecular formula is C24H26ClFN4O. The fourth-order valence-electron chi connectivity index (χ4n) is 3.03. The van der Waals surface area contributed by atoms with E-state index in [0.717, 1.165) is 24.5 Å². The number of amides is 1. The fourth-order valence-corrected chi connectivity index (χ4v) is 3.16. The van der Waals surface area contributed by atoms with Crippen LogP contribution >= 0.6 is 11.6 Å². The average Bonchev–Trinajstić information content (AvgIpc) is 2.77. The van der Waals surface area contributed by atoms with Crippen molar-refractivity contribution < 1.29 is 9.18 Å². The van der Waals surface area contributed by atoms with Crippen LogP contribution in [-0.4, -0.2) is 50.0 Å². The number of aromatic nitrogens is 1. The molecule has 2 aromatic carbocycles. The molecule has 0 radical (unpaired) electrons. The van der Waals surface area contributed by atoms with Crippen molar-refractivity contribution >= 4 is 29.0 Å². The number of benzene rings is 2. The highest BCUT2D eigenvalue weighted by atomic mass is 35.5. The molecule has 0 aliphatic carbocycles. The van der Waals surface area contributed by atoms with Crippen molar-refractivity contribution in [1.82, 2.24) is 9.88 Å². The fraction of sp³-hybridized carbons (Fsp3) is 0.250. The molecule has 0 atom stereocenters. The van der Waals surface area contributed by atoms with Gasteiger partial charge in [-0.25, -0.2) is 9.37 Å². The molecule has 3 aromatic rings. The molecule has 1 aromatic heterocycles. The summed E-state index contributed by atoms with van der Waals surface area (Å²) in [5, 5.41) is 0.558. The Labute approximate surface area is 187 Å². The van der Waals surface area contributed by atoms with Crippen molar-refractivity contribution in [3.05, 3.63) is 88.8 Å². The van der Waals surface area contributed by atoms with E-state index in [0.29, 0.717) is 22.8 Å². The lowest BCUT2D eigenvalue weighted by molar-refractivity contribution is 0.0985. The zero-order valence-electron chi connectivity index (χ0n) is 17.9. The van der Waals surface area contributed by atoms with E-state index >= 15 is 0 Å². The van der Waals surface area contributed by atoms with Gasteiger partial charge in [0.1, 0.15) is 11.6 Å². The quantitative estimate of drug-likeness (QED) is 0.508. The number of carbonyl (C=O) groups excluding carboxylic acids is 1. The summed E-state index contributed by atoms with van der Waals surface area (Å²) in [4.78, 5) is 23.6. The van der Waals surface area contributed by atoms with Gasteiger partial charge in [0.15, 0.2) is 0 Å². The molecule has 0 spiro atoms. The average molecular weight is 441 g/mol. The summed E-state index contributed by atoms with van der Waals surface area (Å²) in [5.74, 6) is 0.313. The highest BCUT2D eigenvalue weighted by Crippen LogP contribution is 2.22. The van der Waals surface area contributed by atoms with Crippen molar-refractivity contribution in [3.63, 3.8) is 0 Å². The number of carbonyl (C=O) groups is 1. The van der Waals surface area contributed by atoms with Crippen molar-refractivity contribution in [2.75, 3.05) is 44.0 Å². The van der Waals surface area contributed by atoms with Crippen LogP contribution in [0.3, 0.4) is 0 Å². The first-order chi connectivity index (χ1) is 14.8. The lowest BCUT2D eigenvalue weighted by Crippen LogP contribution is -2.31. The van der Waals surface area contributed by atoms with Crippen molar-refractivity contribution in [2.24, 2.45) is 0 Å². The summed E-state index contributed by atoms with van der Waals surface area (Å²) in [6.45, 7) is 2.09. The van der Waals surface area contributed by atoms with Gasteiger partial charge in [0.25, 0.3) is 5.91 Å². The van der Waals surface area contributed by atoms with E-state index in [1.54, 1.807) is 47.5 Å². The van der Waals surface area contributed by atoms with E-state index in [-0.39, 0.29) is 11.7 Å². The molecule has 0 N–H and O–H groups in total. The van der Waals surface area contributed by atoms with E-state index < -0.39 is 0 Å². The molecule has 0 aliphatic heterocycles. The van der Waals surface area contributed by atoms with Gasteiger partial charge in [-0.2, -0.15) is 0 Å². The first-order valence-corrected chi connectivity index (χ1v) is 10.3. The number of nitrogens with zero attached hydrogens (tertiary/aromatic N) is 4. The number of halogens is 2. The zero-order chi connectivity index (χ0) is 22.4. The molecule has 0 bridgehead atoms. The Morgan fingerprint density at radius 3 is 2.19 bits per heavy atom. The molecule has 0 aliphatic rings. The summed E-state index contributed by atoms with van der Waals surface area (Å²) in [7, 11) is 6.07.